The van der Waals surface area contributed by atoms with Crippen LogP contribution in [-0.2, 0) is 6.42 Å². The number of rotatable bonds is 3. The van der Waals surface area contributed by atoms with Gasteiger partial charge in [-0.05, 0) is 6.92 Å². The van der Waals surface area contributed by atoms with E-state index < -0.39 is 18.3 Å². The molecule has 0 aliphatic rings. The number of aromatic carboxylic acids is 1. The van der Waals surface area contributed by atoms with Crippen molar-refractivity contribution in [3.8, 4) is 0 Å². The fourth-order valence-electron chi connectivity index (χ4n) is 0.756. The molecule has 0 atom stereocenters. The molecule has 0 saturated carbocycles. The maximum atomic E-state index is 12.4. The zero-order valence-electron chi connectivity index (χ0n) is 6.75. The van der Waals surface area contributed by atoms with E-state index in [1.807, 2.05) is 0 Å². The SMILES string of the molecule is CC(F)(F)Cc1nc(C(=O)O)co1. The van der Waals surface area contributed by atoms with Gasteiger partial charge in [0.15, 0.2) is 5.69 Å². The van der Waals surface area contributed by atoms with Gasteiger partial charge in [0.2, 0.25) is 5.89 Å². The number of hydrogen-bond donors (Lipinski definition) is 1. The zero-order valence-corrected chi connectivity index (χ0v) is 6.75. The minimum atomic E-state index is -2.94. The standard InChI is InChI=1S/C7H7F2NO3/c1-7(8,9)2-5-10-4(3-13-5)6(11)12/h3H,2H2,1H3,(H,11,12). The van der Waals surface area contributed by atoms with Crippen molar-refractivity contribution in [1.29, 1.82) is 0 Å². The van der Waals surface area contributed by atoms with E-state index in [9.17, 15) is 13.6 Å². The Morgan fingerprint density at radius 1 is 1.77 bits per heavy atom. The largest absolute Gasteiger partial charge is 0.476 e. The molecule has 1 N–H and O–H groups in total. The van der Waals surface area contributed by atoms with Crippen molar-refractivity contribution in [2.75, 3.05) is 0 Å². The Hall–Kier alpha value is -1.46. The summed E-state index contributed by atoms with van der Waals surface area (Å²) in [5.41, 5.74) is -0.362. The van der Waals surface area contributed by atoms with Gasteiger partial charge in [0.05, 0.1) is 6.42 Å². The monoisotopic (exact) mass is 191 g/mol. The number of oxazole rings is 1. The van der Waals surface area contributed by atoms with Gasteiger partial charge in [-0.3, -0.25) is 0 Å². The quantitative estimate of drug-likeness (QED) is 0.787. The average molecular weight is 191 g/mol. The van der Waals surface area contributed by atoms with Crippen molar-refractivity contribution in [2.24, 2.45) is 0 Å². The molecule has 0 aliphatic carbocycles. The Labute approximate surface area is 72.2 Å². The first-order valence-electron chi connectivity index (χ1n) is 3.44. The van der Waals surface area contributed by atoms with Crippen molar-refractivity contribution < 1.29 is 23.1 Å². The molecule has 0 fully saturated rings. The molecule has 0 amide bonds. The molecule has 1 aromatic heterocycles. The molecular weight excluding hydrogens is 184 g/mol. The maximum absolute atomic E-state index is 12.4. The average Bonchev–Trinajstić information content (AvgIpc) is 2.31. The number of carbonyl (C=O) groups is 1. The summed E-state index contributed by atoms with van der Waals surface area (Å²) in [5.74, 6) is -4.51. The van der Waals surface area contributed by atoms with Crippen LogP contribution in [0.4, 0.5) is 8.78 Å². The molecule has 0 aliphatic heterocycles. The van der Waals surface area contributed by atoms with Gasteiger partial charge in [0.1, 0.15) is 6.26 Å². The van der Waals surface area contributed by atoms with Crippen molar-refractivity contribution >= 4 is 5.97 Å². The van der Waals surface area contributed by atoms with E-state index in [0.29, 0.717) is 6.92 Å². The molecule has 0 bridgehead atoms. The van der Waals surface area contributed by atoms with E-state index in [-0.39, 0.29) is 11.6 Å². The highest BCUT2D eigenvalue weighted by atomic mass is 19.3. The zero-order chi connectivity index (χ0) is 10.1. The number of aromatic nitrogens is 1. The number of carboxylic acids is 1. The molecule has 4 nitrogen and oxygen atoms in total. The van der Waals surface area contributed by atoms with E-state index in [2.05, 4.69) is 9.40 Å². The molecule has 1 aromatic rings. The first kappa shape index (κ1) is 9.63. The van der Waals surface area contributed by atoms with Crippen LogP contribution in [0.2, 0.25) is 0 Å². The molecule has 1 heterocycles. The highest BCUT2D eigenvalue weighted by molar-refractivity contribution is 5.84. The second-order valence-electron chi connectivity index (χ2n) is 2.68. The van der Waals surface area contributed by atoms with Gasteiger partial charge in [-0.2, -0.15) is 0 Å². The first-order chi connectivity index (χ1) is 5.88. The van der Waals surface area contributed by atoms with Crippen molar-refractivity contribution in [3.63, 3.8) is 0 Å². The van der Waals surface area contributed by atoms with Crippen molar-refractivity contribution in [2.45, 2.75) is 19.3 Å². The number of alkyl halides is 2. The molecule has 0 saturated heterocycles. The minimum Gasteiger partial charge on any atom is -0.476 e. The van der Waals surface area contributed by atoms with E-state index in [0.717, 1.165) is 6.26 Å². The first-order valence-corrected chi connectivity index (χ1v) is 3.44. The highest BCUT2D eigenvalue weighted by Gasteiger charge is 2.25. The second-order valence-corrected chi connectivity index (χ2v) is 2.68. The predicted octanol–water partition coefficient (Wildman–Crippen LogP) is 1.57. The van der Waals surface area contributed by atoms with E-state index in [1.54, 1.807) is 0 Å². The van der Waals surface area contributed by atoms with Crippen molar-refractivity contribution in [1.82, 2.24) is 4.98 Å². The maximum Gasteiger partial charge on any atom is 0.357 e. The van der Waals surface area contributed by atoms with E-state index >= 15 is 0 Å². The Morgan fingerprint density at radius 3 is 2.77 bits per heavy atom. The Morgan fingerprint density at radius 2 is 2.38 bits per heavy atom. The van der Waals surface area contributed by atoms with Crippen LogP contribution in [0.25, 0.3) is 0 Å². The van der Waals surface area contributed by atoms with Crippen LogP contribution in [0.3, 0.4) is 0 Å². The lowest BCUT2D eigenvalue weighted by Gasteiger charge is -2.04. The van der Waals surface area contributed by atoms with Gasteiger partial charge < -0.3 is 9.52 Å². The summed E-state index contributed by atoms with van der Waals surface area (Å²) in [6.45, 7) is 0.706. The summed E-state index contributed by atoms with van der Waals surface area (Å²) in [6, 6.07) is 0. The Bertz CT molecular complexity index is 316. The van der Waals surface area contributed by atoms with Crippen LogP contribution in [0, 0.1) is 0 Å². The predicted molar refractivity (Wildman–Crippen MR) is 37.8 cm³/mol. The van der Waals surface area contributed by atoms with E-state index in [1.165, 1.54) is 0 Å². The summed E-state index contributed by atoms with van der Waals surface area (Å²) < 4.78 is 29.3. The van der Waals surface area contributed by atoms with Crippen molar-refractivity contribution in [3.05, 3.63) is 17.8 Å². The van der Waals surface area contributed by atoms with Gasteiger partial charge >= 0.3 is 5.97 Å². The summed E-state index contributed by atoms with van der Waals surface area (Å²) in [6.07, 6.45) is 0.143. The molecule has 13 heavy (non-hydrogen) atoms. The minimum absolute atomic E-state index is 0.273. The van der Waals surface area contributed by atoms with Gasteiger partial charge in [0, 0.05) is 0 Å². The molecule has 0 aromatic carbocycles. The third-order valence-corrected chi connectivity index (χ3v) is 1.23. The molecule has 72 valence electrons. The van der Waals surface area contributed by atoms with Crippen LogP contribution < -0.4 is 0 Å². The number of halogens is 2. The summed E-state index contributed by atoms with van der Waals surface area (Å²) in [4.78, 5) is 13.6. The summed E-state index contributed by atoms with van der Waals surface area (Å²) in [5, 5.41) is 8.39. The molecule has 0 spiro atoms. The Kier molecular flexibility index (Phi) is 2.31. The fourth-order valence-corrected chi connectivity index (χ4v) is 0.756. The van der Waals surface area contributed by atoms with Gasteiger partial charge in [0.25, 0.3) is 5.92 Å². The van der Waals surface area contributed by atoms with Crippen LogP contribution in [0.1, 0.15) is 23.3 Å². The lowest BCUT2D eigenvalue weighted by atomic mass is 10.3. The molecular formula is C7H7F2NO3. The molecule has 0 radical (unpaired) electrons. The fraction of sp³-hybridized carbons (Fsp3) is 0.429. The van der Waals surface area contributed by atoms with Gasteiger partial charge in [-0.1, -0.05) is 0 Å². The number of hydrogen-bond acceptors (Lipinski definition) is 3. The smallest absolute Gasteiger partial charge is 0.357 e. The third kappa shape index (κ3) is 2.81. The highest BCUT2D eigenvalue weighted by Crippen LogP contribution is 2.18. The van der Waals surface area contributed by atoms with Crippen LogP contribution in [0.5, 0.6) is 0 Å². The summed E-state index contributed by atoms with van der Waals surface area (Å²) >= 11 is 0. The number of nitrogens with zero attached hydrogens (tertiary/aromatic N) is 1. The van der Waals surface area contributed by atoms with Crippen LogP contribution in [-0.4, -0.2) is 22.0 Å². The third-order valence-electron chi connectivity index (χ3n) is 1.23. The summed E-state index contributed by atoms with van der Waals surface area (Å²) in [7, 11) is 0. The second kappa shape index (κ2) is 3.12. The number of carboxylic acid groups (broad SMARTS) is 1. The lowest BCUT2D eigenvalue weighted by molar-refractivity contribution is 0.0162. The molecule has 1 rings (SSSR count). The van der Waals surface area contributed by atoms with Gasteiger partial charge in [-0.25, -0.2) is 18.6 Å². The molecule has 6 heteroatoms. The Balaban J connectivity index is 2.75. The van der Waals surface area contributed by atoms with E-state index in [4.69, 9.17) is 5.11 Å². The molecule has 0 unspecified atom stereocenters. The van der Waals surface area contributed by atoms with Crippen LogP contribution >= 0.6 is 0 Å². The normalized spacial score (nSPS) is 11.6. The van der Waals surface area contributed by atoms with Crippen LogP contribution in [0.15, 0.2) is 10.7 Å². The lowest BCUT2D eigenvalue weighted by Crippen LogP contribution is -2.13. The van der Waals surface area contributed by atoms with Gasteiger partial charge in [-0.15, -0.1) is 0 Å². The topological polar surface area (TPSA) is 63.3 Å².